The molecule has 0 saturated carbocycles. The van der Waals surface area contributed by atoms with E-state index in [1.54, 1.807) is 0 Å². The Morgan fingerprint density at radius 3 is 2.67 bits per heavy atom. The maximum absolute atomic E-state index is 4.45. The lowest BCUT2D eigenvalue weighted by Gasteiger charge is -1.89. The number of hydrogen-bond acceptors (Lipinski definition) is 2. The molecular weight excluding hydrogens is 130 g/mol. The van der Waals surface area contributed by atoms with Gasteiger partial charge in [-0.2, -0.15) is 4.99 Å². The van der Waals surface area contributed by atoms with Crippen LogP contribution in [0.25, 0.3) is 0 Å². The fourth-order valence-electron chi connectivity index (χ4n) is 0.563. The lowest BCUT2D eigenvalue weighted by Crippen LogP contribution is -1.72. The molecule has 0 spiro atoms. The molecule has 0 aromatic carbocycles. The number of aliphatic imine (C=N–C) groups is 1. The molecular formula is C7H11NS. The van der Waals surface area contributed by atoms with Gasteiger partial charge in [-0.25, -0.2) is 0 Å². The van der Waals surface area contributed by atoms with Crippen molar-refractivity contribution in [2.24, 2.45) is 4.99 Å². The Morgan fingerprint density at radius 2 is 2.33 bits per heavy atom. The third-order valence-electron chi connectivity index (χ3n) is 0.991. The van der Waals surface area contributed by atoms with E-state index in [1.165, 1.54) is 0 Å². The van der Waals surface area contributed by atoms with Crippen LogP contribution >= 0.6 is 12.2 Å². The van der Waals surface area contributed by atoms with Gasteiger partial charge in [0.2, 0.25) is 0 Å². The first-order valence-electron chi connectivity index (χ1n) is 3.12. The molecule has 1 nitrogen and oxygen atoms in total. The second kappa shape index (κ2) is 5.67. The summed E-state index contributed by atoms with van der Waals surface area (Å²) in [5.41, 5.74) is 1.03. The summed E-state index contributed by atoms with van der Waals surface area (Å²) in [5, 5.41) is 2.34. The maximum atomic E-state index is 4.45. The Bertz CT molecular complexity index is 143. The minimum atomic E-state index is 0.942. The highest BCUT2D eigenvalue weighted by atomic mass is 32.1. The van der Waals surface area contributed by atoms with Crippen molar-refractivity contribution in [3.05, 3.63) is 11.8 Å². The number of hydrogen-bond donors (Lipinski definition) is 0. The summed E-state index contributed by atoms with van der Waals surface area (Å²) in [5.74, 6) is 0. The summed E-state index contributed by atoms with van der Waals surface area (Å²) in [6.45, 7) is 4.13. The molecule has 0 aliphatic rings. The highest BCUT2D eigenvalue weighted by molar-refractivity contribution is 7.78. The molecule has 0 aliphatic heterocycles. The molecule has 0 aromatic heterocycles. The Hall–Kier alpha value is -0.460. The molecule has 9 heavy (non-hydrogen) atoms. The van der Waals surface area contributed by atoms with E-state index in [1.807, 2.05) is 0 Å². The van der Waals surface area contributed by atoms with Gasteiger partial charge in [-0.05, 0) is 25.1 Å². The van der Waals surface area contributed by atoms with E-state index in [0.29, 0.717) is 0 Å². The SMILES string of the molecule is CCC=C(CC)N=C=S. The first-order valence-corrected chi connectivity index (χ1v) is 3.52. The predicted octanol–water partition coefficient (Wildman–Crippen LogP) is 2.79. The third kappa shape index (κ3) is 4.07. The van der Waals surface area contributed by atoms with Gasteiger partial charge >= 0.3 is 0 Å². The third-order valence-corrected chi connectivity index (χ3v) is 1.08. The topological polar surface area (TPSA) is 12.4 Å². The molecule has 2 heteroatoms. The minimum absolute atomic E-state index is 0.942. The zero-order valence-corrected chi connectivity index (χ0v) is 6.66. The number of allylic oxidation sites excluding steroid dienone is 2. The summed E-state index contributed by atoms with van der Waals surface area (Å²) in [6.07, 6.45) is 4.01. The van der Waals surface area contributed by atoms with E-state index in [-0.39, 0.29) is 0 Å². The quantitative estimate of drug-likeness (QED) is 0.435. The maximum Gasteiger partial charge on any atom is 0.0637 e. The minimum Gasteiger partial charge on any atom is -0.200 e. The zero-order valence-electron chi connectivity index (χ0n) is 5.85. The fraction of sp³-hybridized carbons (Fsp3) is 0.571. The summed E-state index contributed by atoms with van der Waals surface area (Å²) in [6, 6.07) is 0. The van der Waals surface area contributed by atoms with E-state index in [9.17, 15) is 0 Å². The molecule has 0 amide bonds. The normalized spacial score (nSPS) is 10.7. The molecule has 50 valence electrons. The molecule has 0 radical (unpaired) electrons. The van der Waals surface area contributed by atoms with Crippen LogP contribution in [0.5, 0.6) is 0 Å². The molecule has 0 bridgehead atoms. The Balaban J connectivity index is 3.97. The van der Waals surface area contributed by atoms with Crippen LogP contribution in [0, 0.1) is 0 Å². The van der Waals surface area contributed by atoms with Crippen molar-refractivity contribution < 1.29 is 0 Å². The average molecular weight is 141 g/mol. The highest BCUT2D eigenvalue weighted by Gasteiger charge is 1.84. The van der Waals surface area contributed by atoms with Crippen molar-refractivity contribution in [2.75, 3.05) is 0 Å². The highest BCUT2D eigenvalue weighted by Crippen LogP contribution is 2.01. The second-order valence-electron chi connectivity index (χ2n) is 1.66. The molecule has 0 unspecified atom stereocenters. The molecule has 0 fully saturated rings. The standard InChI is InChI=1S/C7H11NS/c1-3-5-7(4-2)8-6-9/h5H,3-4H2,1-2H3. The molecule has 0 heterocycles. The first kappa shape index (κ1) is 8.54. The second-order valence-corrected chi connectivity index (χ2v) is 1.84. The van der Waals surface area contributed by atoms with Gasteiger partial charge in [0, 0.05) is 5.70 Å². The van der Waals surface area contributed by atoms with E-state index < -0.39 is 0 Å². The summed E-state index contributed by atoms with van der Waals surface area (Å²) in [7, 11) is 0. The molecule has 0 rings (SSSR count). The number of isothiocyanates is 1. The predicted molar refractivity (Wildman–Crippen MR) is 43.7 cm³/mol. The van der Waals surface area contributed by atoms with Crippen molar-refractivity contribution in [3.8, 4) is 0 Å². The lowest BCUT2D eigenvalue weighted by atomic mass is 10.3. The fourth-order valence-corrected chi connectivity index (χ4v) is 0.681. The molecule has 0 N–H and O–H groups in total. The van der Waals surface area contributed by atoms with Gasteiger partial charge in [-0.1, -0.05) is 19.9 Å². The number of rotatable bonds is 3. The molecule has 0 aliphatic carbocycles. The van der Waals surface area contributed by atoms with Gasteiger partial charge in [-0.3, -0.25) is 0 Å². The van der Waals surface area contributed by atoms with Crippen LogP contribution in [-0.2, 0) is 0 Å². The smallest absolute Gasteiger partial charge is 0.0637 e. The van der Waals surface area contributed by atoms with Crippen LogP contribution in [0.1, 0.15) is 26.7 Å². The van der Waals surface area contributed by atoms with Gasteiger partial charge in [-0.15, -0.1) is 0 Å². The van der Waals surface area contributed by atoms with Gasteiger partial charge in [0.25, 0.3) is 0 Å². The van der Waals surface area contributed by atoms with Gasteiger partial charge in [0.05, 0.1) is 5.16 Å². The van der Waals surface area contributed by atoms with E-state index in [4.69, 9.17) is 0 Å². The lowest BCUT2D eigenvalue weighted by molar-refractivity contribution is 1.04. The van der Waals surface area contributed by atoms with Crippen LogP contribution in [-0.4, -0.2) is 5.16 Å². The van der Waals surface area contributed by atoms with Gasteiger partial charge in [0.15, 0.2) is 0 Å². The van der Waals surface area contributed by atoms with Crippen LogP contribution in [0.3, 0.4) is 0 Å². The van der Waals surface area contributed by atoms with Crippen molar-refractivity contribution >= 4 is 17.4 Å². The molecule has 0 aromatic rings. The number of thiocarbonyl (C=S) groups is 1. The average Bonchev–Trinajstić information content (AvgIpc) is 1.88. The van der Waals surface area contributed by atoms with Crippen LogP contribution in [0.2, 0.25) is 0 Å². The Morgan fingerprint density at radius 1 is 1.67 bits per heavy atom. The Kier molecular flexibility index (Phi) is 5.38. The van der Waals surface area contributed by atoms with Crippen molar-refractivity contribution in [2.45, 2.75) is 26.7 Å². The van der Waals surface area contributed by atoms with Gasteiger partial charge < -0.3 is 0 Å². The molecule has 0 atom stereocenters. The zero-order chi connectivity index (χ0) is 7.11. The van der Waals surface area contributed by atoms with Crippen molar-refractivity contribution in [1.29, 1.82) is 0 Å². The summed E-state index contributed by atoms with van der Waals surface area (Å²) < 4.78 is 0. The Labute approximate surface area is 61.5 Å². The van der Waals surface area contributed by atoms with Crippen molar-refractivity contribution in [1.82, 2.24) is 0 Å². The largest absolute Gasteiger partial charge is 0.200 e. The van der Waals surface area contributed by atoms with Crippen LogP contribution in [0.15, 0.2) is 16.8 Å². The first-order chi connectivity index (χ1) is 4.35. The monoisotopic (exact) mass is 141 g/mol. The molecule has 0 saturated heterocycles. The van der Waals surface area contributed by atoms with Crippen LogP contribution in [0.4, 0.5) is 0 Å². The van der Waals surface area contributed by atoms with E-state index in [0.717, 1.165) is 18.5 Å². The van der Waals surface area contributed by atoms with E-state index in [2.05, 4.69) is 42.3 Å². The van der Waals surface area contributed by atoms with Gasteiger partial charge in [0.1, 0.15) is 0 Å². The number of nitrogens with zero attached hydrogens (tertiary/aromatic N) is 1. The summed E-state index contributed by atoms with van der Waals surface area (Å²) >= 11 is 4.45. The van der Waals surface area contributed by atoms with E-state index >= 15 is 0 Å². The van der Waals surface area contributed by atoms with Crippen molar-refractivity contribution in [3.63, 3.8) is 0 Å². The summed E-state index contributed by atoms with van der Waals surface area (Å²) in [4.78, 5) is 3.86. The van der Waals surface area contributed by atoms with Crippen LogP contribution < -0.4 is 0 Å².